The van der Waals surface area contributed by atoms with Crippen molar-refractivity contribution in [1.82, 2.24) is 4.31 Å². The lowest BCUT2D eigenvalue weighted by atomic mass is 10.2. The molecule has 0 bridgehead atoms. The monoisotopic (exact) mass is 367 g/mol. The molecule has 1 aromatic carbocycles. The molecule has 0 saturated heterocycles. The molecule has 0 saturated carbocycles. The summed E-state index contributed by atoms with van der Waals surface area (Å²) < 4.78 is 32.3. The van der Waals surface area contributed by atoms with Crippen molar-refractivity contribution in [2.45, 2.75) is 37.5 Å². The van der Waals surface area contributed by atoms with E-state index in [0.29, 0.717) is 11.4 Å². The molecule has 0 atom stereocenters. The summed E-state index contributed by atoms with van der Waals surface area (Å²) in [5, 5.41) is 0. The Labute approximate surface area is 147 Å². The van der Waals surface area contributed by atoms with Gasteiger partial charge in [-0.2, -0.15) is 4.31 Å². The molecular weight excluding hydrogens is 338 g/mol. The fourth-order valence-electron chi connectivity index (χ4n) is 2.42. The second-order valence-corrected chi connectivity index (χ2v) is 14.6. The standard InChI is InChI=1S/C18H29NO3SSi/c1-16-8-10-18(11-9-16)23(20,21)19(12-7-13-22-3)14-17(2)15-24(4,5)6/h7-11,13H,2,12,14-15H2,1,3-6H3/b13-7-. The first-order chi connectivity index (χ1) is 11.1. The molecule has 0 aliphatic heterocycles. The molecule has 0 radical (unpaired) electrons. The maximum Gasteiger partial charge on any atom is 0.243 e. The maximum absolute atomic E-state index is 13.0. The molecule has 4 nitrogen and oxygen atoms in total. The Balaban J connectivity index is 3.05. The molecule has 0 unspecified atom stereocenters. The van der Waals surface area contributed by atoms with Gasteiger partial charge in [0.1, 0.15) is 0 Å². The molecule has 0 aliphatic carbocycles. The SMILES string of the molecule is C=C(CN(C/C=C\OC)S(=O)(=O)c1ccc(C)cc1)C[Si](C)(C)C. The van der Waals surface area contributed by atoms with Gasteiger partial charge in [0.15, 0.2) is 0 Å². The first-order valence-corrected chi connectivity index (χ1v) is 13.1. The number of hydrogen-bond acceptors (Lipinski definition) is 3. The number of nitrogens with zero attached hydrogens (tertiary/aromatic N) is 1. The molecule has 24 heavy (non-hydrogen) atoms. The first kappa shape index (κ1) is 20.7. The van der Waals surface area contributed by atoms with Crippen LogP contribution in [0.2, 0.25) is 25.7 Å². The summed E-state index contributed by atoms with van der Waals surface area (Å²) in [7, 11) is -3.36. The van der Waals surface area contributed by atoms with Gasteiger partial charge in [0.2, 0.25) is 10.0 Å². The van der Waals surface area contributed by atoms with Crippen molar-refractivity contribution in [3.8, 4) is 0 Å². The van der Waals surface area contributed by atoms with Crippen LogP contribution < -0.4 is 0 Å². The van der Waals surface area contributed by atoms with Crippen molar-refractivity contribution >= 4 is 18.1 Å². The topological polar surface area (TPSA) is 46.6 Å². The fourth-order valence-corrected chi connectivity index (χ4v) is 5.44. The van der Waals surface area contributed by atoms with Crippen molar-refractivity contribution in [1.29, 1.82) is 0 Å². The van der Waals surface area contributed by atoms with Gasteiger partial charge in [0.05, 0.1) is 18.3 Å². The average molecular weight is 368 g/mol. The van der Waals surface area contributed by atoms with Crippen molar-refractivity contribution in [2.24, 2.45) is 0 Å². The summed E-state index contributed by atoms with van der Waals surface area (Å²) in [6.07, 6.45) is 3.20. The lowest BCUT2D eigenvalue weighted by Gasteiger charge is -2.24. The highest BCUT2D eigenvalue weighted by Gasteiger charge is 2.25. The normalized spacial score (nSPS) is 12.8. The maximum atomic E-state index is 13.0. The predicted octanol–water partition coefficient (Wildman–Crippen LogP) is 4.04. The summed E-state index contributed by atoms with van der Waals surface area (Å²) in [4.78, 5) is 0.305. The Morgan fingerprint density at radius 3 is 2.33 bits per heavy atom. The van der Waals surface area contributed by atoms with Gasteiger partial charge >= 0.3 is 0 Å². The molecule has 134 valence electrons. The van der Waals surface area contributed by atoms with E-state index < -0.39 is 18.1 Å². The third-order valence-electron chi connectivity index (χ3n) is 3.38. The summed E-state index contributed by atoms with van der Waals surface area (Å²) in [5.41, 5.74) is 1.98. The summed E-state index contributed by atoms with van der Waals surface area (Å²) in [6.45, 7) is 13.4. The zero-order chi connectivity index (χ0) is 18.4. The summed E-state index contributed by atoms with van der Waals surface area (Å²) in [6, 6.07) is 7.83. The number of benzene rings is 1. The van der Waals surface area contributed by atoms with Crippen LogP contribution in [0.3, 0.4) is 0 Å². The van der Waals surface area contributed by atoms with Gasteiger partial charge in [0, 0.05) is 21.2 Å². The Bertz CT molecular complexity index is 673. The molecule has 6 heteroatoms. The van der Waals surface area contributed by atoms with Crippen molar-refractivity contribution in [3.63, 3.8) is 0 Å². The Hall–Kier alpha value is -1.37. The number of ether oxygens (including phenoxy) is 1. The molecule has 0 heterocycles. The van der Waals surface area contributed by atoms with Crippen LogP contribution in [0.5, 0.6) is 0 Å². The quantitative estimate of drug-likeness (QED) is 0.376. The van der Waals surface area contributed by atoms with Gasteiger partial charge in [-0.05, 0) is 31.2 Å². The van der Waals surface area contributed by atoms with E-state index >= 15 is 0 Å². The Morgan fingerprint density at radius 1 is 1.25 bits per heavy atom. The molecule has 0 N–H and O–H groups in total. The zero-order valence-corrected chi connectivity index (χ0v) is 17.2. The lowest BCUT2D eigenvalue weighted by molar-refractivity contribution is 0.334. The lowest BCUT2D eigenvalue weighted by Crippen LogP contribution is -2.34. The second-order valence-electron chi connectivity index (χ2n) is 7.21. The van der Waals surface area contributed by atoms with E-state index in [4.69, 9.17) is 4.74 Å². The van der Waals surface area contributed by atoms with Crippen LogP contribution in [0.4, 0.5) is 0 Å². The Kier molecular flexibility index (Phi) is 7.44. The van der Waals surface area contributed by atoms with Crippen LogP contribution >= 0.6 is 0 Å². The molecule has 1 aromatic rings. The van der Waals surface area contributed by atoms with E-state index in [1.54, 1.807) is 25.3 Å². The van der Waals surface area contributed by atoms with E-state index in [9.17, 15) is 8.42 Å². The van der Waals surface area contributed by atoms with E-state index in [1.807, 2.05) is 19.1 Å². The van der Waals surface area contributed by atoms with Gasteiger partial charge in [0.25, 0.3) is 0 Å². The predicted molar refractivity (Wildman–Crippen MR) is 103 cm³/mol. The van der Waals surface area contributed by atoms with Crippen molar-refractivity contribution in [3.05, 3.63) is 54.3 Å². The van der Waals surface area contributed by atoms with Crippen LogP contribution in [-0.2, 0) is 14.8 Å². The number of aryl methyl sites for hydroxylation is 1. The van der Waals surface area contributed by atoms with Crippen molar-refractivity contribution < 1.29 is 13.2 Å². The van der Waals surface area contributed by atoms with E-state index in [0.717, 1.165) is 17.2 Å². The average Bonchev–Trinajstić information content (AvgIpc) is 2.45. The van der Waals surface area contributed by atoms with Crippen LogP contribution in [-0.4, -0.2) is 41.0 Å². The van der Waals surface area contributed by atoms with E-state index in [-0.39, 0.29) is 6.54 Å². The van der Waals surface area contributed by atoms with Gasteiger partial charge in [-0.15, -0.1) is 0 Å². The summed E-state index contributed by atoms with van der Waals surface area (Å²) in [5.74, 6) is 0. The van der Waals surface area contributed by atoms with Crippen LogP contribution in [0, 0.1) is 6.92 Å². The van der Waals surface area contributed by atoms with Crippen LogP contribution in [0.1, 0.15) is 5.56 Å². The molecule has 0 amide bonds. The molecular formula is C18H29NO3SSi. The van der Waals surface area contributed by atoms with Crippen molar-refractivity contribution in [2.75, 3.05) is 20.2 Å². The number of sulfonamides is 1. The number of rotatable bonds is 9. The largest absolute Gasteiger partial charge is 0.505 e. The highest BCUT2D eigenvalue weighted by Crippen LogP contribution is 2.21. The molecule has 1 rings (SSSR count). The minimum atomic E-state index is -3.57. The zero-order valence-electron chi connectivity index (χ0n) is 15.4. The number of methoxy groups -OCH3 is 1. The highest BCUT2D eigenvalue weighted by atomic mass is 32.2. The van der Waals surface area contributed by atoms with Crippen LogP contribution in [0.15, 0.2) is 53.7 Å². The van der Waals surface area contributed by atoms with E-state index in [2.05, 4.69) is 26.2 Å². The second kappa shape index (κ2) is 8.64. The smallest absolute Gasteiger partial charge is 0.243 e. The van der Waals surface area contributed by atoms with Crippen LogP contribution in [0.25, 0.3) is 0 Å². The van der Waals surface area contributed by atoms with Gasteiger partial charge < -0.3 is 4.74 Å². The molecule has 0 aromatic heterocycles. The minimum Gasteiger partial charge on any atom is -0.505 e. The van der Waals surface area contributed by atoms with E-state index in [1.165, 1.54) is 10.6 Å². The summed E-state index contributed by atoms with van der Waals surface area (Å²) >= 11 is 0. The Morgan fingerprint density at radius 2 is 1.83 bits per heavy atom. The van der Waals surface area contributed by atoms with Gasteiger partial charge in [-0.3, -0.25) is 0 Å². The molecule has 0 aliphatic rings. The molecule has 0 spiro atoms. The molecule has 0 fully saturated rings. The first-order valence-electron chi connectivity index (χ1n) is 7.97. The minimum absolute atomic E-state index is 0.259. The third kappa shape index (κ3) is 6.63. The van der Waals surface area contributed by atoms with Gasteiger partial charge in [-0.25, -0.2) is 8.42 Å². The fraction of sp³-hybridized carbons (Fsp3) is 0.444. The third-order valence-corrected chi connectivity index (χ3v) is 6.77. The highest BCUT2D eigenvalue weighted by molar-refractivity contribution is 7.89. The number of hydrogen-bond donors (Lipinski definition) is 0. The van der Waals surface area contributed by atoms with Gasteiger partial charge in [-0.1, -0.05) is 49.5 Å².